The number of hydrogen-bond donors (Lipinski definition) is 1. The van der Waals surface area contributed by atoms with E-state index in [2.05, 4.69) is 6.92 Å². The summed E-state index contributed by atoms with van der Waals surface area (Å²) in [7, 11) is -4.24. The van der Waals surface area contributed by atoms with E-state index in [9.17, 15) is 13.0 Å². The maximum absolute atomic E-state index is 10.9. The average Bonchev–Trinajstić information content (AvgIpc) is 2.25. The zero-order valence-corrected chi connectivity index (χ0v) is 15.7. The molecule has 1 N–H and O–H groups in total. The molecule has 18 heavy (non-hydrogen) atoms. The Morgan fingerprint density at radius 3 is 1.94 bits per heavy atom. The summed E-state index contributed by atoms with van der Waals surface area (Å²) in [5.41, 5.74) is 0. The molecule has 0 saturated heterocycles. The maximum Gasteiger partial charge on any atom is 1.00 e. The molecule has 0 fully saturated rings. The monoisotopic (exact) mass is 304 g/mol. The third kappa shape index (κ3) is 12.5. The molecule has 0 amide bonds. The molecule has 0 rings (SSSR count). The van der Waals surface area contributed by atoms with Crippen LogP contribution in [0.3, 0.4) is 0 Å². The molecule has 104 valence electrons. The number of aliphatic hydroxyl groups is 1. The van der Waals surface area contributed by atoms with Gasteiger partial charge in [-0.1, -0.05) is 51.9 Å². The largest absolute Gasteiger partial charge is 1.00 e. The van der Waals surface area contributed by atoms with Crippen LogP contribution in [0.25, 0.3) is 0 Å². The van der Waals surface area contributed by atoms with Crippen molar-refractivity contribution in [2.24, 2.45) is 0 Å². The molecule has 0 aromatic carbocycles. The van der Waals surface area contributed by atoms with E-state index < -0.39 is 15.4 Å². The number of aliphatic hydroxyl groups excluding tert-OH is 1. The van der Waals surface area contributed by atoms with Crippen LogP contribution in [0.5, 0.6) is 0 Å². The van der Waals surface area contributed by atoms with E-state index in [1.807, 2.05) is 0 Å². The van der Waals surface area contributed by atoms with Crippen molar-refractivity contribution in [2.45, 2.75) is 70.0 Å². The first-order valence-electron chi connectivity index (χ1n) is 6.58. The first-order chi connectivity index (χ1) is 8.02. The van der Waals surface area contributed by atoms with Crippen molar-refractivity contribution < 1.29 is 69.5 Å². The van der Waals surface area contributed by atoms with Gasteiger partial charge in [-0.3, -0.25) is 0 Å². The minimum atomic E-state index is -4.24. The van der Waals surface area contributed by atoms with Crippen molar-refractivity contribution in [3.8, 4) is 0 Å². The van der Waals surface area contributed by atoms with Crippen LogP contribution in [0.2, 0.25) is 0 Å². The van der Waals surface area contributed by atoms with Gasteiger partial charge in [0.25, 0.3) is 0 Å². The molecule has 1 atom stereocenters. The predicted molar refractivity (Wildman–Crippen MR) is 67.8 cm³/mol. The molecule has 1 unspecified atom stereocenters. The topological polar surface area (TPSA) is 77.4 Å². The van der Waals surface area contributed by atoms with Crippen LogP contribution < -0.4 is 51.4 Å². The number of rotatable bonds is 11. The third-order valence-electron chi connectivity index (χ3n) is 2.99. The second kappa shape index (κ2) is 13.5. The Morgan fingerprint density at radius 2 is 1.50 bits per heavy atom. The molecule has 0 aliphatic rings. The van der Waals surface area contributed by atoms with Gasteiger partial charge in [-0.25, -0.2) is 8.42 Å². The van der Waals surface area contributed by atoms with Crippen molar-refractivity contribution in [1.29, 1.82) is 0 Å². The van der Waals surface area contributed by atoms with Gasteiger partial charge in [0.15, 0.2) is 0 Å². The summed E-state index contributed by atoms with van der Waals surface area (Å²) >= 11 is 0. The molecule has 0 radical (unpaired) electrons. The molecule has 0 saturated carbocycles. The molecule has 0 spiro atoms. The number of unbranched alkanes of at least 4 members (excludes halogenated alkanes) is 6. The summed E-state index contributed by atoms with van der Waals surface area (Å²) in [6.45, 7) is 1.93. The van der Waals surface area contributed by atoms with E-state index >= 15 is 0 Å². The van der Waals surface area contributed by atoms with Gasteiger partial charge in [-0.15, -0.1) is 0 Å². The van der Waals surface area contributed by atoms with Crippen molar-refractivity contribution in [3.05, 3.63) is 0 Å². The molecule has 6 heteroatoms. The quantitative estimate of drug-likeness (QED) is 0.315. The Hall–Kier alpha value is 1.51. The van der Waals surface area contributed by atoms with Gasteiger partial charge in [0.05, 0.1) is 15.4 Å². The smallest absolute Gasteiger partial charge is 0.748 e. The fourth-order valence-corrected chi connectivity index (χ4v) is 2.76. The van der Waals surface area contributed by atoms with Crippen molar-refractivity contribution in [3.63, 3.8) is 0 Å². The van der Waals surface area contributed by atoms with E-state index in [0.717, 1.165) is 19.3 Å². The van der Waals surface area contributed by atoms with Gasteiger partial charge in [0, 0.05) is 6.61 Å². The second-order valence-electron chi connectivity index (χ2n) is 4.54. The van der Waals surface area contributed by atoms with Crippen molar-refractivity contribution in [1.82, 2.24) is 0 Å². The van der Waals surface area contributed by atoms with Crippen molar-refractivity contribution >= 4 is 10.1 Å². The summed E-state index contributed by atoms with van der Waals surface area (Å²) < 4.78 is 32.6. The molecule has 0 aliphatic heterocycles. The van der Waals surface area contributed by atoms with E-state index in [1.54, 1.807) is 0 Å². The summed E-state index contributed by atoms with van der Waals surface area (Å²) in [4.78, 5) is 0. The minimum Gasteiger partial charge on any atom is -0.748 e. The minimum absolute atomic E-state index is 0. The Balaban J connectivity index is 0. The fraction of sp³-hybridized carbons (Fsp3) is 1.00. The maximum atomic E-state index is 10.9. The Labute approximate surface area is 154 Å². The van der Waals surface area contributed by atoms with Gasteiger partial charge in [-0.2, -0.15) is 0 Å². The molecule has 0 heterocycles. The van der Waals surface area contributed by atoms with Crippen LogP contribution in [0.4, 0.5) is 0 Å². The first-order valence-corrected chi connectivity index (χ1v) is 8.05. The normalized spacial score (nSPS) is 13.1. The molecule has 0 aromatic rings. The van der Waals surface area contributed by atoms with E-state index in [0.29, 0.717) is 6.42 Å². The molecule has 0 aliphatic carbocycles. The Bertz CT molecular complexity index is 267. The zero-order valence-electron chi connectivity index (χ0n) is 11.7. The van der Waals surface area contributed by atoms with E-state index in [1.165, 1.54) is 25.7 Å². The predicted octanol–water partition coefficient (Wildman–Crippen LogP) is -0.573. The van der Waals surface area contributed by atoms with Gasteiger partial charge in [-0.05, 0) is 12.8 Å². The summed E-state index contributed by atoms with van der Waals surface area (Å²) in [5, 5.41) is 7.80. The molecular weight excluding hydrogens is 279 g/mol. The van der Waals surface area contributed by atoms with Crippen LogP contribution in [0, 0.1) is 0 Å². The summed E-state index contributed by atoms with van der Waals surface area (Å²) in [6, 6.07) is 0. The average molecular weight is 304 g/mol. The molecule has 4 nitrogen and oxygen atoms in total. The van der Waals surface area contributed by atoms with Crippen LogP contribution in [-0.4, -0.2) is 29.9 Å². The standard InChI is InChI=1S/C12H26O4S.K/c1-2-3-4-5-6-7-8-9-12(10-11-13)17(14,15)16;/h12-13H,2-11H2,1H3,(H,14,15,16);/q;+1/p-1. The van der Waals surface area contributed by atoms with Crippen LogP contribution in [0.1, 0.15) is 64.7 Å². The van der Waals surface area contributed by atoms with Gasteiger partial charge in [0.1, 0.15) is 0 Å². The number of hydrogen-bond acceptors (Lipinski definition) is 4. The van der Waals surface area contributed by atoms with Gasteiger partial charge >= 0.3 is 51.4 Å². The van der Waals surface area contributed by atoms with Gasteiger partial charge in [0.2, 0.25) is 0 Å². The van der Waals surface area contributed by atoms with E-state index in [-0.39, 0.29) is 64.4 Å². The van der Waals surface area contributed by atoms with Crippen molar-refractivity contribution in [2.75, 3.05) is 6.61 Å². The molecular formula is C12H25KO4S. The van der Waals surface area contributed by atoms with Crippen LogP contribution >= 0.6 is 0 Å². The van der Waals surface area contributed by atoms with Crippen LogP contribution in [0.15, 0.2) is 0 Å². The summed E-state index contributed by atoms with van der Waals surface area (Å²) in [5.74, 6) is 0. The fourth-order valence-electron chi connectivity index (χ4n) is 1.91. The Kier molecular flexibility index (Phi) is 16.3. The van der Waals surface area contributed by atoms with Crippen LogP contribution in [-0.2, 0) is 10.1 Å². The van der Waals surface area contributed by atoms with E-state index in [4.69, 9.17) is 5.11 Å². The zero-order chi connectivity index (χ0) is 13.1. The Morgan fingerprint density at radius 1 is 1.00 bits per heavy atom. The molecule has 0 aromatic heterocycles. The third-order valence-corrected chi connectivity index (χ3v) is 4.28. The first kappa shape index (κ1) is 21.8. The van der Waals surface area contributed by atoms with Gasteiger partial charge < -0.3 is 9.66 Å². The summed E-state index contributed by atoms with van der Waals surface area (Å²) in [6.07, 6.45) is 8.18. The SMILES string of the molecule is CCCCCCCCCC(CCO)S(=O)(=O)[O-].[K+]. The molecule has 0 bridgehead atoms. The second-order valence-corrected chi connectivity index (χ2v) is 6.19.